The summed E-state index contributed by atoms with van der Waals surface area (Å²) in [7, 11) is 1.57. The summed E-state index contributed by atoms with van der Waals surface area (Å²) >= 11 is 0. The fraction of sp³-hybridized carbons (Fsp3) is 0.250. The van der Waals surface area contributed by atoms with E-state index in [2.05, 4.69) is 11.9 Å². The molecule has 1 aromatic heterocycles. The van der Waals surface area contributed by atoms with Gasteiger partial charge in [0.1, 0.15) is 18.1 Å². The van der Waals surface area contributed by atoms with Gasteiger partial charge in [0, 0.05) is 18.2 Å². The second-order valence-corrected chi connectivity index (χ2v) is 5.50. The highest BCUT2D eigenvalue weighted by Gasteiger charge is 2.06. The maximum Gasteiger partial charge on any atom is 0.244 e. The van der Waals surface area contributed by atoms with Crippen molar-refractivity contribution in [1.29, 1.82) is 0 Å². The van der Waals surface area contributed by atoms with Crippen LogP contribution in [0.1, 0.15) is 22.6 Å². The van der Waals surface area contributed by atoms with Gasteiger partial charge in [-0.2, -0.15) is 0 Å². The lowest BCUT2D eigenvalue weighted by Crippen LogP contribution is -2.20. The number of nitrogens with one attached hydrogen (secondary N) is 1. The van der Waals surface area contributed by atoms with E-state index in [0.29, 0.717) is 24.7 Å². The summed E-state index contributed by atoms with van der Waals surface area (Å²) < 4.78 is 16.2. The first-order valence-corrected chi connectivity index (χ1v) is 7.97. The van der Waals surface area contributed by atoms with Crippen LogP contribution in [-0.4, -0.2) is 19.6 Å². The van der Waals surface area contributed by atoms with Crippen molar-refractivity contribution in [2.24, 2.45) is 0 Å². The van der Waals surface area contributed by atoms with Gasteiger partial charge in [0.25, 0.3) is 0 Å². The fourth-order valence-corrected chi connectivity index (χ4v) is 2.33. The van der Waals surface area contributed by atoms with E-state index in [1.807, 2.05) is 32.0 Å². The van der Waals surface area contributed by atoms with Crippen molar-refractivity contribution in [1.82, 2.24) is 5.32 Å². The van der Waals surface area contributed by atoms with Gasteiger partial charge in [0.2, 0.25) is 5.91 Å². The summed E-state index contributed by atoms with van der Waals surface area (Å²) in [5.41, 5.74) is 1.82. The van der Waals surface area contributed by atoms with E-state index in [4.69, 9.17) is 13.9 Å². The van der Waals surface area contributed by atoms with E-state index in [1.54, 1.807) is 25.3 Å². The van der Waals surface area contributed by atoms with E-state index in [0.717, 1.165) is 22.6 Å². The van der Waals surface area contributed by atoms with E-state index in [1.165, 1.54) is 6.08 Å². The Bertz CT molecular complexity index is 774. The van der Waals surface area contributed by atoms with Crippen LogP contribution in [-0.2, 0) is 11.3 Å². The van der Waals surface area contributed by atoms with Gasteiger partial charge in [-0.3, -0.25) is 4.79 Å². The van der Waals surface area contributed by atoms with Crippen molar-refractivity contribution in [2.75, 3.05) is 13.7 Å². The molecule has 132 valence electrons. The van der Waals surface area contributed by atoms with Gasteiger partial charge < -0.3 is 19.2 Å². The van der Waals surface area contributed by atoms with Gasteiger partial charge in [-0.15, -0.1) is 0 Å². The van der Waals surface area contributed by atoms with Crippen LogP contribution in [0.2, 0.25) is 0 Å². The molecule has 0 saturated carbocycles. The molecular formula is C20H23NO4. The van der Waals surface area contributed by atoms with Crippen molar-refractivity contribution >= 4 is 12.0 Å². The molecule has 0 radical (unpaired) electrons. The monoisotopic (exact) mass is 341 g/mol. The van der Waals surface area contributed by atoms with E-state index in [-0.39, 0.29) is 5.91 Å². The molecule has 2 aromatic rings. The number of aryl methyl sites for hydroxylation is 2. The van der Waals surface area contributed by atoms with Crippen LogP contribution in [0.25, 0.3) is 6.08 Å². The molecule has 1 aromatic carbocycles. The first-order chi connectivity index (χ1) is 12.0. The molecule has 1 amide bonds. The third-order valence-electron chi connectivity index (χ3n) is 3.57. The minimum Gasteiger partial charge on any atom is -0.493 e. The van der Waals surface area contributed by atoms with E-state index < -0.39 is 0 Å². The number of furan rings is 1. The molecule has 1 heterocycles. The highest BCUT2D eigenvalue weighted by Crippen LogP contribution is 2.28. The van der Waals surface area contributed by atoms with Gasteiger partial charge in [-0.1, -0.05) is 18.7 Å². The Hall–Kier alpha value is -2.95. The largest absolute Gasteiger partial charge is 0.493 e. The lowest BCUT2D eigenvalue weighted by molar-refractivity contribution is -0.116. The highest BCUT2D eigenvalue weighted by molar-refractivity contribution is 5.91. The van der Waals surface area contributed by atoms with E-state index >= 15 is 0 Å². The SMILES string of the molecule is C=CCOc1ccc(/C=C/C(=O)NCc2cc(C)oc2C)cc1OC. The molecule has 1 N–H and O–H groups in total. The maximum atomic E-state index is 12.0. The van der Waals surface area contributed by atoms with Crippen molar-refractivity contribution in [3.8, 4) is 11.5 Å². The average molecular weight is 341 g/mol. The number of ether oxygens (including phenoxy) is 2. The number of hydrogen-bond acceptors (Lipinski definition) is 4. The van der Waals surface area contributed by atoms with Gasteiger partial charge in [0.05, 0.1) is 7.11 Å². The molecule has 5 heteroatoms. The number of benzene rings is 1. The third kappa shape index (κ3) is 5.28. The van der Waals surface area contributed by atoms with Gasteiger partial charge in [-0.05, 0) is 43.7 Å². The summed E-state index contributed by atoms with van der Waals surface area (Å²) in [5, 5.41) is 2.84. The quantitative estimate of drug-likeness (QED) is 0.586. The molecule has 2 rings (SSSR count). The van der Waals surface area contributed by atoms with Crippen LogP contribution in [0.3, 0.4) is 0 Å². The number of carbonyl (C=O) groups excluding carboxylic acids is 1. The molecule has 0 fully saturated rings. The van der Waals surface area contributed by atoms with Crippen LogP contribution in [0.15, 0.2) is 47.4 Å². The van der Waals surface area contributed by atoms with Crippen LogP contribution in [0.4, 0.5) is 0 Å². The highest BCUT2D eigenvalue weighted by atomic mass is 16.5. The smallest absolute Gasteiger partial charge is 0.244 e. The topological polar surface area (TPSA) is 60.7 Å². The Balaban J connectivity index is 1.96. The molecule has 25 heavy (non-hydrogen) atoms. The number of hydrogen-bond donors (Lipinski definition) is 1. The number of amides is 1. The standard InChI is InChI=1S/C20H23NO4/c1-5-10-24-18-8-6-16(12-19(18)23-4)7-9-20(22)21-13-17-11-14(2)25-15(17)3/h5-9,11-12H,1,10,13H2,2-4H3,(H,21,22)/b9-7+. The Morgan fingerprint density at radius 1 is 1.28 bits per heavy atom. The normalized spacial score (nSPS) is 10.7. The second kappa shape index (κ2) is 8.78. The number of rotatable bonds is 8. The zero-order chi connectivity index (χ0) is 18.2. The first-order valence-electron chi connectivity index (χ1n) is 7.97. The summed E-state index contributed by atoms with van der Waals surface area (Å²) in [6.45, 7) is 8.22. The molecule has 0 atom stereocenters. The Morgan fingerprint density at radius 2 is 2.08 bits per heavy atom. The Labute approximate surface area is 147 Å². The number of carbonyl (C=O) groups is 1. The molecule has 0 bridgehead atoms. The van der Waals surface area contributed by atoms with Crippen LogP contribution in [0.5, 0.6) is 11.5 Å². The number of methoxy groups -OCH3 is 1. The van der Waals surface area contributed by atoms with Crippen LogP contribution >= 0.6 is 0 Å². The second-order valence-electron chi connectivity index (χ2n) is 5.50. The Morgan fingerprint density at radius 3 is 2.72 bits per heavy atom. The minimum absolute atomic E-state index is 0.177. The predicted molar refractivity (Wildman–Crippen MR) is 97.7 cm³/mol. The van der Waals surface area contributed by atoms with Crippen LogP contribution in [0, 0.1) is 13.8 Å². The molecule has 0 aliphatic carbocycles. The van der Waals surface area contributed by atoms with Gasteiger partial charge >= 0.3 is 0 Å². The molecule has 0 spiro atoms. The summed E-state index contributed by atoms with van der Waals surface area (Å²) in [4.78, 5) is 12.0. The molecular weight excluding hydrogens is 318 g/mol. The first kappa shape index (κ1) is 18.4. The fourth-order valence-electron chi connectivity index (χ4n) is 2.33. The zero-order valence-corrected chi connectivity index (χ0v) is 14.8. The van der Waals surface area contributed by atoms with Crippen molar-refractivity contribution < 1.29 is 18.7 Å². The zero-order valence-electron chi connectivity index (χ0n) is 14.8. The molecule has 0 saturated heterocycles. The van der Waals surface area contributed by atoms with Gasteiger partial charge in [-0.25, -0.2) is 0 Å². The third-order valence-corrected chi connectivity index (χ3v) is 3.57. The van der Waals surface area contributed by atoms with Crippen molar-refractivity contribution in [2.45, 2.75) is 20.4 Å². The molecule has 0 aliphatic heterocycles. The minimum atomic E-state index is -0.177. The summed E-state index contributed by atoms with van der Waals surface area (Å²) in [6, 6.07) is 7.39. The summed E-state index contributed by atoms with van der Waals surface area (Å²) in [6.07, 6.45) is 4.88. The van der Waals surface area contributed by atoms with Crippen molar-refractivity contribution in [3.63, 3.8) is 0 Å². The van der Waals surface area contributed by atoms with Crippen LogP contribution < -0.4 is 14.8 Å². The predicted octanol–water partition coefficient (Wildman–Crippen LogP) is 3.80. The Kier molecular flexibility index (Phi) is 6.46. The van der Waals surface area contributed by atoms with E-state index in [9.17, 15) is 4.79 Å². The average Bonchev–Trinajstić information content (AvgIpc) is 2.93. The summed E-state index contributed by atoms with van der Waals surface area (Å²) in [5.74, 6) is 2.72. The maximum absolute atomic E-state index is 12.0. The van der Waals surface area contributed by atoms with Crippen molar-refractivity contribution in [3.05, 3.63) is 65.6 Å². The lowest BCUT2D eigenvalue weighted by Gasteiger charge is -2.09. The molecule has 0 aliphatic rings. The molecule has 0 unspecified atom stereocenters. The van der Waals surface area contributed by atoms with Gasteiger partial charge in [0.15, 0.2) is 11.5 Å². The lowest BCUT2D eigenvalue weighted by atomic mass is 10.2. The molecule has 5 nitrogen and oxygen atoms in total.